The first kappa shape index (κ1) is 33.9. The number of rotatable bonds is 11. The van der Waals surface area contributed by atoms with Crippen molar-refractivity contribution in [1.82, 2.24) is 19.5 Å². The van der Waals surface area contributed by atoms with Crippen LogP contribution < -0.4 is 5.73 Å². The number of nitrogen functional groups attached to an aromatic ring is 1. The van der Waals surface area contributed by atoms with Crippen LogP contribution in [0.15, 0.2) is 12.7 Å². The quantitative estimate of drug-likeness (QED) is 0.0833. The van der Waals surface area contributed by atoms with Gasteiger partial charge in [-0.05, 0) is 6.92 Å². The maximum absolute atomic E-state index is 12.5. The minimum absolute atomic E-state index is 0.0109. The second-order valence-corrected chi connectivity index (χ2v) is 10.9. The van der Waals surface area contributed by atoms with E-state index in [-0.39, 0.29) is 23.3 Å². The predicted octanol–water partition coefficient (Wildman–Crippen LogP) is -4.74. The van der Waals surface area contributed by atoms with Crippen molar-refractivity contribution in [1.29, 1.82) is 0 Å². The smallest absolute Gasteiger partial charge is 0.394 e. The molecule has 1 unspecified atom stereocenters. The monoisotopic (exact) mass is 619 g/mol. The minimum Gasteiger partial charge on any atom is -0.394 e. The van der Waals surface area contributed by atoms with E-state index in [1.54, 1.807) is 0 Å². The first-order chi connectivity index (χ1) is 18.4. The normalized spacial score (nSPS) is 26.8. The Balaban J connectivity index is 0.000000478. The van der Waals surface area contributed by atoms with Gasteiger partial charge in [-0.1, -0.05) is 0 Å². The topological polar surface area (TPSA) is 348 Å². The lowest BCUT2D eigenvalue weighted by Crippen LogP contribution is -2.50. The summed E-state index contributed by atoms with van der Waals surface area (Å²) in [6.45, 7) is -0.625. The van der Waals surface area contributed by atoms with E-state index in [9.17, 15) is 33.8 Å². The number of nitrogens with zero attached hydrogens (tertiary/aromatic N) is 4. The van der Waals surface area contributed by atoms with Gasteiger partial charge in [0.2, 0.25) is 5.72 Å². The number of aromatic nitrogens is 4. The number of imidazole rings is 1. The molecule has 23 heteroatoms. The van der Waals surface area contributed by atoms with Crippen molar-refractivity contribution in [2.75, 3.05) is 18.9 Å². The van der Waals surface area contributed by atoms with Crippen LogP contribution in [0, 0.1) is 0 Å². The summed E-state index contributed by atoms with van der Waals surface area (Å²) in [6.07, 6.45) is -7.83. The molecular formula is C17H27N5O16P2. The van der Waals surface area contributed by atoms with Gasteiger partial charge in [-0.15, -0.1) is 0 Å². The highest BCUT2D eigenvalue weighted by molar-refractivity contribution is 7.60. The third kappa shape index (κ3) is 7.49. The number of ketones is 1. The van der Waals surface area contributed by atoms with Crippen LogP contribution in [0.4, 0.5) is 5.82 Å². The summed E-state index contributed by atoms with van der Waals surface area (Å²) in [5, 5.41) is 55.0. The summed E-state index contributed by atoms with van der Waals surface area (Å²) in [5.74, 6) is -0.826. The van der Waals surface area contributed by atoms with Gasteiger partial charge in [-0.2, -0.15) is 4.31 Å². The first-order valence-electron chi connectivity index (χ1n) is 10.7. The van der Waals surface area contributed by atoms with E-state index in [1.165, 1.54) is 0 Å². The van der Waals surface area contributed by atoms with E-state index in [2.05, 4.69) is 23.8 Å². The van der Waals surface area contributed by atoms with Crippen LogP contribution in [0.1, 0.15) is 6.92 Å². The van der Waals surface area contributed by atoms with Crippen LogP contribution in [0.25, 0.3) is 11.2 Å². The van der Waals surface area contributed by atoms with Crippen LogP contribution in [-0.2, 0) is 38.0 Å². The van der Waals surface area contributed by atoms with Crippen molar-refractivity contribution in [3.05, 3.63) is 12.7 Å². The first-order valence-corrected chi connectivity index (χ1v) is 13.8. The molecule has 40 heavy (non-hydrogen) atoms. The molecule has 8 atom stereocenters. The molecule has 226 valence electrons. The Kier molecular flexibility index (Phi) is 11.1. The number of phosphoric acid groups is 2. The van der Waals surface area contributed by atoms with E-state index >= 15 is 0 Å². The van der Waals surface area contributed by atoms with Crippen LogP contribution >= 0.6 is 15.6 Å². The largest absolute Gasteiger partial charge is 0.481 e. The Bertz CT molecular complexity index is 1290. The Hall–Kier alpha value is -2.33. The average molecular weight is 619 g/mol. The van der Waals surface area contributed by atoms with E-state index in [4.69, 9.17) is 40.7 Å². The van der Waals surface area contributed by atoms with Crippen LogP contribution in [0.2, 0.25) is 0 Å². The number of Topliss-reactive ketones (excluding diaryl/α,β-unsaturated/α-hetero) is 1. The average Bonchev–Trinajstić information content (AvgIpc) is 3.41. The van der Waals surface area contributed by atoms with Gasteiger partial charge in [0, 0.05) is 0 Å². The van der Waals surface area contributed by atoms with Gasteiger partial charge in [0.05, 0.1) is 13.2 Å². The van der Waals surface area contributed by atoms with Crippen LogP contribution in [0.5, 0.6) is 0 Å². The molecule has 0 spiro atoms. The molecule has 0 radical (unpaired) electrons. The fourth-order valence-corrected chi connectivity index (χ4v) is 5.03. The lowest BCUT2D eigenvalue weighted by molar-refractivity contribution is -0.171. The molecule has 21 nitrogen and oxygen atoms in total. The van der Waals surface area contributed by atoms with Gasteiger partial charge in [-0.25, -0.2) is 24.1 Å². The summed E-state index contributed by atoms with van der Waals surface area (Å²) in [4.78, 5) is 60.5. The summed E-state index contributed by atoms with van der Waals surface area (Å²) in [5.41, 5.74) is 3.50. The highest BCUT2D eigenvalue weighted by Crippen LogP contribution is 2.57. The number of anilines is 1. The molecule has 0 aliphatic carbocycles. The summed E-state index contributed by atoms with van der Waals surface area (Å²) < 4.78 is 36.9. The molecule has 3 heterocycles. The molecule has 1 saturated heterocycles. The number of ether oxygens (including phenoxy) is 1. The number of aliphatic hydroxyl groups is 6. The van der Waals surface area contributed by atoms with E-state index in [0.29, 0.717) is 0 Å². The van der Waals surface area contributed by atoms with E-state index < -0.39 is 77.0 Å². The Morgan fingerprint density at radius 3 is 2.38 bits per heavy atom. The van der Waals surface area contributed by atoms with Crippen molar-refractivity contribution in [3.8, 4) is 0 Å². The number of hydrogen-bond donors (Lipinski definition) is 10. The number of fused-ring (bicyclic) bond motifs is 1. The van der Waals surface area contributed by atoms with Crippen LogP contribution in [-0.4, -0.2) is 127 Å². The van der Waals surface area contributed by atoms with Gasteiger partial charge >= 0.3 is 15.6 Å². The van der Waals surface area contributed by atoms with Crippen molar-refractivity contribution in [3.63, 3.8) is 0 Å². The third-order valence-electron chi connectivity index (χ3n) is 5.34. The number of carbonyl (C=O) groups is 2. The van der Waals surface area contributed by atoms with Crippen molar-refractivity contribution < 1.29 is 77.6 Å². The number of phosphoric ester groups is 1. The molecule has 3 rings (SSSR count). The van der Waals surface area contributed by atoms with Crippen molar-refractivity contribution >= 4 is 44.7 Å². The lowest BCUT2D eigenvalue weighted by atomic mass is 9.99. The van der Waals surface area contributed by atoms with Gasteiger partial charge in [0.15, 0.2) is 23.5 Å². The lowest BCUT2D eigenvalue weighted by Gasteiger charge is -2.30. The zero-order valence-electron chi connectivity index (χ0n) is 20.3. The molecular weight excluding hydrogens is 592 g/mol. The maximum Gasteiger partial charge on any atom is 0.481 e. The molecule has 11 N–H and O–H groups in total. The van der Waals surface area contributed by atoms with Crippen LogP contribution in [0.3, 0.4) is 0 Å². The SMILES string of the molecule is CC(=O)[C@@]1(n2cnc3c(N)ncnc32)O[C@H](COP(=O)(O)OP(=O)(O)O)[C@@H](O)[C@H]1O.O=C[C@H](O)[C@H](O)[C@H](O)CO. The Morgan fingerprint density at radius 1 is 1.23 bits per heavy atom. The Labute approximate surface area is 223 Å². The highest BCUT2D eigenvalue weighted by atomic mass is 31.3. The van der Waals surface area contributed by atoms with E-state index in [0.717, 1.165) is 24.1 Å². The zero-order chi connectivity index (χ0) is 30.6. The zero-order valence-corrected chi connectivity index (χ0v) is 22.0. The number of nitrogens with two attached hydrogens (primary N) is 1. The fraction of sp³-hybridized carbons (Fsp3) is 0.588. The van der Waals surface area contributed by atoms with Crippen molar-refractivity contribution in [2.24, 2.45) is 0 Å². The fourth-order valence-electron chi connectivity index (χ4n) is 3.44. The second kappa shape index (κ2) is 13.1. The summed E-state index contributed by atoms with van der Waals surface area (Å²) in [6, 6.07) is 0. The highest BCUT2D eigenvalue weighted by Gasteiger charge is 2.60. The number of hydrogen-bond acceptors (Lipinski definition) is 17. The number of aldehydes is 1. The molecule has 1 aliphatic heterocycles. The number of aliphatic hydroxyl groups excluding tert-OH is 6. The van der Waals surface area contributed by atoms with Gasteiger partial charge < -0.3 is 60.6 Å². The van der Waals surface area contributed by atoms with Gasteiger partial charge in [-0.3, -0.25) is 13.9 Å². The maximum atomic E-state index is 12.5. The van der Waals surface area contributed by atoms with Gasteiger partial charge in [0.1, 0.15) is 54.8 Å². The molecule has 0 bridgehead atoms. The van der Waals surface area contributed by atoms with E-state index in [1.807, 2.05) is 0 Å². The standard InChI is InChI=1S/C12H17N5O11P2.C5H10O5/c1-5(18)12(17-4-16-7-10(13)14-3-15-11(7)17)9(20)8(19)6(27-12)2-26-30(24,25)28-29(21,22)23;6-1-3(8)5(10)4(9)2-7/h3-4,6,8-9,19-20H,2H2,1H3,(H,24,25)(H2,13,14,15)(H2,21,22,23);1,3-5,7-10H,2H2/t6-,8-,9-,12-;3-,4+,5-/m10/s1. The Morgan fingerprint density at radius 2 is 1.85 bits per heavy atom. The molecule has 1 aliphatic rings. The summed E-state index contributed by atoms with van der Waals surface area (Å²) in [7, 11) is -10.6. The molecule has 0 saturated carbocycles. The second-order valence-electron chi connectivity index (χ2n) is 8.09. The minimum atomic E-state index is -5.37. The number of carbonyl (C=O) groups excluding carboxylic acids is 2. The summed E-state index contributed by atoms with van der Waals surface area (Å²) >= 11 is 0. The van der Waals surface area contributed by atoms with Crippen molar-refractivity contribution in [2.45, 2.75) is 49.3 Å². The molecule has 2 aromatic rings. The molecule has 1 fully saturated rings. The van der Waals surface area contributed by atoms with Gasteiger partial charge in [0.25, 0.3) is 0 Å². The molecule has 0 aromatic carbocycles. The third-order valence-corrected chi connectivity index (χ3v) is 7.49. The molecule has 0 amide bonds. The molecule has 2 aromatic heterocycles. The predicted molar refractivity (Wildman–Crippen MR) is 125 cm³/mol.